The highest BCUT2D eigenvalue weighted by Crippen LogP contribution is 2.53. The van der Waals surface area contributed by atoms with Crippen molar-refractivity contribution in [3.8, 4) is 12.3 Å². The summed E-state index contributed by atoms with van der Waals surface area (Å²) >= 11 is 6.18. The molecule has 0 radical (unpaired) electrons. The molecule has 0 aromatic carbocycles. The maximum absolute atomic E-state index is 13.4. The Labute approximate surface area is 240 Å². The minimum Gasteiger partial charge on any atom is -0.438 e. The van der Waals surface area contributed by atoms with Crippen LogP contribution < -0.4 is 5.73 Å². The Morgan fingerprint density at radius 2 is 1.76 bits per heavy atom. The van der Waals surface area contributed by atoms with Gasteiger partial charge in [0.1, 0.15) is 23.5 Å². The lowest BCUT2D eigenvalue weighted by Gasteiger charge is -2.31. The van der Waals surface area contributed by atoms with Crippen molar-refractivity contribution >= 4 is 48.3 Å². The van der Waals surface area contributed by atoms with Gasteiger partial charge in [-0.2, -0.15) is 0 Å². The SMILES string of the molecule is C#C[C@@]1(O)[C@H](O)[C@@](CCl)(COP(=O)(OCOC(=O)C(C)C)OCOC(=O)C(C)C)O[C@H]1n1cnc2c(N)ncnc21. The number of nitrogens with zero attached hydrogens (tertiary/aromatic N) is 4. The number of phosphoric acid groups is 1. The molecular weight excluding hydrogens is 589 g/mol. The summed E-state index contributed by atoms with van der Waals surface area (Å²) in [4.78, 5) is 35.6. The quantitative estimate of drug-likeness (QED) is 0.0940. The number of aliphatic hydroxyl groups excluding tert-OH is 1. The van der Waals surface area contributed by atoms with Crippen LogP contribution in [0.15, 0.2) is 12.7 Å². The number of anilines is 1. The van der Waals surface area contributed by atoms with Crippen molar-refractivity contribution in [3.05, 3.63) is 12.7 Å². The van der Waals surface area contributed by atoms with Crippen molar-refractivity contribution in [2.45, 2.75) is 51.2 Å². The molecule has 41 heavy (non-hydrogen) atoms. The molecule has 0 amide bonds. The third kappa shape index (κ3) is 6.79. The fourth-order valence-corrected chi connectivity index (χ4v) is 4.81. The molecule has 4 atom stereocenters. The molecule has 18 heteroatoms. The van der Waals surface area contributed by atoms with Crippen LogP contribution in [0.4, 0.5) is 5.82 Å². The first kappa shape index (κ1) is 32.6. The van der Waals surface area contributed by atoms with E-state index in [1.54, 1.807) is 27.7 Å². The van der Waals surface area contributed by atoms with E-state index >= 15 is 0 Å². The Bertz CT molecular complexity index is 1320. The fourth-order valence-electron chi connectivity index (χ4n) is 3.56. The maximum atomic E-state index is 13.4. The van der Waals surface area contributed by atoms with Gasteiger partial charge >= 0.3 is 19.8 Å². The molecule has 3 heterocycles. The standard InChI is InChI=1S/C23H31ClN5O11P/c1-6-23(33)20(32)22(7-24,40-21(23)29-10-28-15-16(25)26-9-27-17(15)29)8-37-41(34,38-11-35-18(30)13(2)3)39-12-36-19(31)14(4)5/h1,9-10,13-14,20-21,32-33H,7-8,11-12H2,2-5H3,(H2,25,26,27)/t20-,21-,22-,23-/m1/s1. The normalized spacial score (nSPS) is 24.6. The molecule has 0 unspecified atom stereocenters. The highest BCUT2D eigenvalue weighted by Gasteiger charge is 2.64. The summed E-state index contributed by atoms with van der Waals surface area (Å²) in [7, 11) is -4.70. The number of halogens is 1. The largest absolute Gasteiger partial charge is 0.480 e. The summed E-state index contributed by atoms with van der Waals surface area (Å²) in [6, 6.07) is 0. The van der Waals surface area contributed by atoms with Crippen molar-refractivity contribution in [1.82, 2.24) is 19.5 Å². The topological polar surface area (TPSA) is 217 Å². The number of fused-ring (bicyclic) bond motifs is 1. The average Bonchev–Trinajstić information content (AvgIpc) is 3.46. The lowest BCUT2D eigenvalue weighted by molar-refractivity contribution is -0.159. The number of aliphatic hydroxyl groups is 2. The molecule has 0 spiro atoms. The number of aromatic nitrogens is 4. The van der Waals surface area contributed by atoms with Gasteiger partial charge in [-0.25, -0.2) is 28.6 Å². The van der Waals surface area contributed by atoms with E-state index in [9.17, 15) is 24.4 Å². The van der Waals surface area contributed by atoms with Crippen LogP contribution in [0.25, 0.3) is 11.2 Å². The number of carbonyl (C=O) groups excluding carboxylic acids is 2. The van der Waals surface area contributed by atoms with E-state index in [4.69, 9.17) is 51.5 Å². The van der Waals surface area contributed by atoms with Crippen molar-refractivity contribution < 1.29 is 52.1 Å². The zero-order chi connectivity index (χ0) is 30.6. The first-order chi connectivity index (χ1) is 19.2. The Kier molecular flexibility index (Phi) is 10.3. The van der Waals surface area contributed by atoms with Gasteiger partial charge in [-0.05, 0) is 0 Å². The van der Waals surface area contributed by atoms with E-state index in [0.29, 0.717) is 0 Å². The van der Waals surface area contributed by atoms with Gasteiger partial charge in [-0.3, -0.25) is 18.7 Å². The van der Waals surface area contributed by atoms with Gasteiger partial charge in [0, 0.05) is 0 Å². The van der Waals surface area contributed by atoms with Crippen LogP contribution in [-0.2, 0) is 41.9 Å². The van der Waals surface area contributed by atoms with Crippen molar-refractivity contribution in [2.24, 2.45) is 11.8 Å². The molecule has 1 aliphatic rings. The van der Waals surface area contributed by atoms with E-state index in [1.807, 2.05) is 0 Å². The van der Waals surface area contributed by atoms with E-state index in [1.165, 1.54) is 10.9 Å². The van der Waals surface area contributed by atoms with Crippen LogP contribution in [0, 0.1) is 24.2 Å². The van der Waals surface area contributed by atoms with E-state index < -0.39 is 81.2 Å². The molecule has 4 N–H and O–H groups in total. The number of terminal acetylenes is 1. The van der Waals surface area contributed by atoms with Gasteiger partial charge in [0.05, 0.1) is 30.7 Å². The number of carbonyl (C=O) groups is 2. The monoisotopic (exact) mass is 619 g/mol. The first-order valence-corrected chi connectivity index (χ1v) is 14.1. The number of hydrogen-bond acceptors (Lipinski definition) is 15. The molecule has 3 rings (SSSR count). The molecule has 0 aliphatic carbocycles. The highest BCUT2D eigenvalue weighted by atomic mass is 35.5. The molecule has 16 nitrogen and oxygen atoms in total. The first-order valence-electron chi connectivity index (χ1n) is 12.2. The van der Waals surface area contributed by atoms with E-state index in [-0.39, 0.29) is 17.0 Å². The minimum atomic E-state index is -4.70. The van der Waals surface area contributed by atoms with Gasteiger partial charge in [0.15, 0.2) is 23.3 Å². The molecule has 2 aromatic heterocycles. The van der Waals surface area contributed by atoms with Gasteiger partial charge in [0.25, 0.3) is 0 Å². The number of ether oxygens (including phenoxy) is 3. The van der Waals surface area contributed by atoms with E-state index in [0.717, 1.165) is 6.33 Å². The predicted molar refractivity (Wildman–Crippen MR) is 140 cm³/mol. The average molecular weight is 620 g/mol. The molecule has 0 bridgehead atoms. The lowest BCUT2D eigenvalue weighted by Crippen LogP contribution is -2.53. The summed E-state index contributed by atoms with van der Waals surface area (Å²) in [6.45, 7) is 3.71. The summed E-state index contributed by atoms with van der Waals surface area (Å²) < 4.78 is 45.9. The third-order valence-electron chi connectivity index (χ3n) is 5.97. The number of rotatable bonds is 13. The molecule has 0 saturated carbocycles. The van der Waals surface area contributed by atoms with Crippen LogP contribution >= 0.6 is 19.4 Å². The number of esters is 2. The molecule has 226 valence electrons. The number of hydrogen-bond donors (Lipinski definition) is 3. The molecule has 2 aromatic rings. The summed E-state index contributed by atoms with van der Waals surface area (Å²) in [5.74, 6) is -0.799. The van der Waals surface area contributed by atoms with Gasteiger partial charge < -0.3 is 30.2 Å². The smallest absolute Gasteiger partial charge is 0.438 e. The second-order valence-corrected chi connectivity index (χ2v) is 11.5. The molecule has 1 aliphatic heterocycles. The highest BCUT2D eigenvalue weighted by molar-refractivity contribution is 7.48. The molecular formula is C23H31ClN5O11P. The number of phosphoric ester groups is 1. The Morgan fingerprint density at radius 1 is 1.17 bits per heavy atom. The van der Waals surface area contributed by atoms with Crippen LogP contribution in [0.1, 0.15) is 33.9 Å². The van der Waals surface area contributed by atoms with Gasteiger partial charge in [0.2, 0.25) is 13.6 Å². The van der Waals surface area contributed by atoms with Crippen molar-refractivity contribution in [2.75, 3.05) is 31.8 Å². The minimum absolute atomic E-state index is 0.0371. The van der Waals surface area contributed by atoms with Gasteiger partial charge in [-0.1, -0.05) is 33.6 Å². The van der Waals surface area contributed by atoms with Crippen molar-refractivity contribution in [3.63, 3.8) is 0 Å². The zero-order valence-electron chi connectivity index (χ0n) is 22.6. The second-order valence-electron chi connectivity index (χ2n) is 9.57. The zero-order valence-corrected chi connectivity index (χ0v) is 24.3. The summed E-state index contributed by atoms with van der Waals surface area (Å²) in [5, 5.41) is 22.5. The van der Waals surface area contributed by atoms with Crippen LogP contribution in [-0.4, -0.2) is 85.0 Å². The predicted octanol–water partition coefficient (Wildman–Crippen LogP) is 1.11. The van der Waals surface area contributed by atoms with Crippen molar-refractivity contribution in [1.29, 1.82) is 0 Å². The van der Waals surface area contributed by atoms with Gasteiger partial charge in [-0.15, -0.1) is 18.0 Å². The Balaban J connectivity index is 1.86. The molecule has 1 fully saturated rings. The summed E-state index contributed by atoms with van der Waals surface area (Å²) in [6.07, 6.45) is 4.49. The Hall–Kier alpha value is -2.87. The van der Waals surface area contributed by atoms with Crippen LogP contribution in [0.3, 0.4) is 0 Å². The van der Waals surface area contributed by atoms with Crippen LogP contribution in [0.2, 0.25) is 0 Å². The number of nitrogens with two attached hydrogens (primary N) is 1. The number of imidazole rings is 1. The summed E-state index contributed by atoms with van der Waals surface area (Å²) in [5.41, 5.74) is 1.67. The third-order valence-corrected chi connectivity index (χ3v) is 7.71. The second kappa shape index (κ2) is 13.0. The maximum Gasteiger partial charge on any atom is 0.480 e. The fraction of sp³-hybridized carbons (Fsp3) is 0.609. The lowest BCUT2D eigenvalue weighted by atomic mass is 9.88. The van der Waals surface area contributed by atoms with Crippen LogP contribution in [0.5, 0.6) is 0 Å². The Morgan fingerprint density at radius 3 is 2.27 bits per heavy atom. The van der Waals surface area contributed by atoms with E-state index in [2.05, 4.69) is 20.9 Å². The number of nitrogen functional groups attached to an aromatic ring is 1. The number of alkyl halides is 1. The molecule has 1 saturated heterocycles.